The molecule has 2 heterocycles. The Bertz CT molecular complexity index is 973. The van der Waals surface area contributed by atoms with Crippen LogP contribution in [0.3, 0.4) is 0 Å². The standard InChI is InChI=1S/C20H19N5O/c1-26-18-9-7-17(8-10-18)19-14-25(23-22-19)15-20-21-11-12-24(20)13-16-5-3-2-4-6-16/h2-12,14H,13,15H2,1H3. The zero-order chi connectivity index (χ0) is 17.8. The average molecular weight is 345 g/mol. The van der Waals surface area contributed by atoms with E-state index in [0.717, 1.165) is 29.4 Å². The summed E-state index contributed by atoms with van der Waals surface area (Å²) >= 11 is 0. The molecule has 0 spiro atoms. The SMILES string of the molecule is COc1ccc(-c2cn(Cc3nccn3Cc3ccccc3)nn2)cc1. The number of rotatable bonds is 6. The molecule has 2 aromatic carbocycles. The van der Waals surface area contributed by atoms with Crippen molar-refractivity contribution in [2.24, 2.45) is 0 Å². The first-order valence-corrected chi connectivity index (χ1v) is 8.40. The maximum absolute atomic E-state index is 5.19. The first-order chi connectivity index (χ1) is 12.8. The number of benzene rings is 2. The highest BCUT2D eigenvalue weighted by molar-refractivity contribution is 5.58. The molecule has 26 heavy (non-hydrogen) atoms. The maximum Gasteiger partial charge on any atom is 0.130 e. The summed E-state index contributed by atoms with van der Waals surface area (Å²) in [5, 5.41) is 8.51. The van der Waals surface area contributed by atoms with Gasteiger partial charge in [-0.25, -0.2) is 9.67 Å². The molecular formula is C20H19N5O. The van der Waals surface area contributed by atoms with Gasteiger partial charge in [0.05, 0.1) is 13.3 Å². The molecule has 6 heteroatoms. The summed E-state index contributed by atoms with van der Waals surface area (Å²) in [6.45, 7) is 1.36. The normalized spacial score (nSPS) is 10.8. The zero-order valence-electron chi connectivity index (χ0n) is 14.5. The minimum Gasteiger partial charge on any atom is -0.497 e. The molecule has 0 atom stereocenters. The average Bonchev–Trinajstić information content (AvgIpc) is 3.33. The number of nitrogens with zero attached hydrogens (tertiary/aromatic N) is 5. The van der Waals surface area contributed by atoms with E-state index < -0.39 is 0 Å². The first-order valence-electron chi connectivity index (χ1n) is 8.40. The van der Waals surface area contributed by atoms with E-state index in [-0.39, 0.29) is 0 Å². The Morgan fingerprint density at radius 3 is 2.54 bits per heavy atom. The van der Waals surface area contributed by atoms with Gasteiger partial charge in [0.15, 0.2) is 0 Å². The second-order valence-electron chi connectivity index (χ2n) is 5.99. The molecule has 2 aromatic heterocycles. The summed E-state index contributed by atoms with van der Waals surface area (Å²) < 4.78 is 9.13. The van der Waals surface area contributed by atoms with E-state index in [2.05, 4.69) is 32.0 Å². The second kappa shape index (κ2) is 7.23. The summed E-state index contributed by atoms with van der Waals surface area (Å²) in [7, 11) is 1.66. The molecule has 6 nitrogen and oxygen atoms in total. The van der Waals surface area contributed by atoms with Crippen LogP contribution in [0.5, 0.6) is 5.75 Å². The van der Waals surface area contributed by atoms with Crippen molar-refractivity contribution in [3.63, 3.8) is 0 Å². The topological polar surface area (TPSA) is 57.8 Å². The van der Waals surface area contributed by atoms with Crippen molar-refractivity contribution in [1.82, 2.24) is 24.5 Å². The minimum atomic E-state index is 0.572. The van der Waals surface area contributed by atoms with Crippen molar-refractivity contribution in [2.45, 2.75) is 13.1 Å². The van der Waals surface area contributed by atoms with E-state index in [4.69, 9.17) is 4.74 Å². The van der Waals surface area contributed by atoms with E-state index in [1.165, 1.54) is 5.56 Å². The van der Waals surface area contributed by atoms with Gasteiger partial charge >= 0.3 is 0 Å². The molecule has 0 bridgehead atoms. The Morgan fingerprint density at radius 1 is 0.962 bits per heavy atom. The van der Waals surface area contributed by atoms with Crippen molar-refractivity contribution < 1.29 is 4.74 Å². The summed E-state index contributed by atoms with van der Waals surface area (Å²) in [5.41, 5.74) is 3.07. The van der Waals surface area contributed by atoms with Crippen LogP contribution < -0.4 is 4.74 Å². The largest absolute Gasteiger partial charge is 0.497 e. The number of hydrogen-bond donors (Lipinski definition) is 0. The summed E-state index contributed by atoms with van der Waals surface area (Å²) in [6, 6.07) is 18.1. The van der Waals surface area contributed by atoms with Gasteiger partial charge in [-0.3, -0.25) is 0 Å². The highest BCUT2D eigenvalue weighted by Gasteiger charge is 2.08. The Morgan fingerprint density at radius 2 is 1.77 bits per heavy atom. The van der Waals surface area contributed by atoms with Gasteiger partial charge in [0.2, 0.25) is 0 Å². The van der Waals surface area contributed by atoms with E-state index in [1.54, 1.807) is 7.11 Å². The highest BCUT2D eigenvalue weighted by Crippen LogP contribution is 2.20. The lowest BCUT2D eigenvalue weighted by molar-refractivity contribution is 0.415. The predicted octanol–water partition coefficient (Wildman–Crippen LogP) is 3.25. The third-order valence-corrected chi connectivity index (χ3v) is 4.23. The van der Waals surface area contributed by atoms with Crippen LogP contribution in [0, 0.1) is 0 Å². The maximum atomic E-state index is 5.19. The van der Waals surface area contributed by atoms with Crippen LogP contribution in [0.25, 0.3) is 11.3 Å². The van der Waals surface area contributed by atoms with Crippen LogP contribution in [0.15, 0.2) is 73.2 Å². The lowest BCUT2D eigenvalue weighted by Crippen LogP contribution is -2.09. The van der Waals surface area contributed by atoms with Gasteiger partial charge in [0, 0.05) is 24.5 Å². The van der Waals surface area contributed by atoms with Crippen LogP contribution in [0.4, 0.5) is 0 Å². The monoisotopic (exact) mass is 345 g/mol. The molecule has 4 rings (SSSR count). The predicted molar refractivity (Wildman–Crippen MR) is 98.9 cm³/mol. The van der Waals surface area contributed by atoms with Gasteiger partial charge in [0.1, 0.15) is 23.8 Å². The van der Waals surface area contributed by atoms with Gasteiger partial charge in [-0.1, -0.05) is 35.5 Å². The fourth-order valence-electron chi connectivity index (χ4n) is 2.83. The summed E-state index contributed by atoms with van der Waals surface area (Å²) in [5.74, 6) is 1.77. The number of hydrogen-bond acceptors (Lipinski definition) is 4. The second-order valence-corrected chi connectivity index (χ2v) is 5.99. The molecule has 0 aliphatic heterocycles. The third kappa shape index (κ3) is 3.49. The molecule has 0 saturated heterocycles. The van der Waals surface area contributed by atoms with Crippen molar-refractivity contribution >= 4 is 0 Å². The number of methoxy groups -OCH3 is 1. The van der Waals surface area contributed by atoms with E-state index in [9.17, 15) is 0 Å². The van der Waals surface area contributed by atoms with E-state index >= 15 is 0 Å². The van der Waals surface area contributed by atoms with Crippen LogP contribution >= 0.6 is 0 Å². The first kappa shape index (κ1) is 16.1. The van der Waals surface area contributed by atoms with Crippen molar-refractivity contribution in [1.29, 1.82) is 0 Å². The van der Waals surface area contributed by atoms with Gasteiger partial charge in [-0.15, -0.1) is 5.10 Å². The lowest BCUT2D eigenvalue weighted by Gasteiger charge is -2.07. The van der Waals surface area contributed by atoms with Gasteiger partial charge in [-0.2, -0.15) is 0 Å². The summed E-state index contributed by atoms with van der Waals surface area (Å²) in [4.78, 5) is 4.47. The third-order valence-electron chi connectivity index (χ3n) is 4.23. The van der Waals surface area contributed by atoms with Crippen LogP contribution in [-0.2, 0) is 13.1 Å². The molecule has 0 N–H and O–H groups in total. The molecular weight excluding hydrogens is 326 g/mol. The molecule has 0 aliphatic carbocycles. The van der Waals surface area contributed by atoms with Crippen LogP contribution in [0.1, 0.15) is 11.4 Å². The molecule has 0 unspecified atom stereocenters. The van der Waals surface area contributed by atoms with Crippen molar-refractivity contribution in [2.75, 3.05) is 7.11 Å². The number of imidazole rings is 1. The molecule has 0 aliphatic rings. The van der Waals surface area contributed by atoms with Crippen LogP contribution in [-0.4, -0.2) is 31.7 Å². The fourth-order valence-corrected chi connectivity index (χ4v) is 2.83. The molecule has 4 aromatic rings. The number of aromatic nitrogens is 5. The molecule has 0 saturated carbocycles. The van der Waals surface area contributed by atoms with E-state index in [0.29, 0.717) is 6.54 Å². The lowest BCUT2D eigenvalue weighted by atomic mass is 10.2. The van der Waals surface area contributed by atoms with E-state index in [1.807, 2.05) is 65.7 Å². The molecule has 0 radical (unpaired) electrons. The molecule has 0 amide bonds. The van der Waals surface area contributed by atoms with Gasteiger partial charge in [-0.05, 0) is 29.8 Å². The summed E-state index contributed by atoms with van der Waals surface area (Å²) in [6.07, 6.45) is 5.74. The van der Waals surface area contributed by atoms with Gasteiger partial charge < -0.3 is 9.30 Å². The highest BCUT2D eigenvalue weighted by atomic mass is 16.5. The van der Waals surface area contributed by atoms with Gasteiger partial charge in [0.25, 0.3) is 0 Å². The Kier molecular flexibility index (Phi) is 4.47. The molecule has 0 fully saturated rings. The minimum absolute atomic E-state index is 0.572. The quantitative estimate of drug-likeness (QED) is 0.538. The Hall–Kier alpha value is -3.41. The zero-order valence-corrected chi connectivity index (χ0v) is 14.5. The van der Waals surface area contributed by atoms with Crippen LogP contribution in [0.2, 0.25) is 0 Å². The Labute approximate surface area is 151 Å². The fraction of sp³-hybridized carbons (Fsp3) is 0.150. The smallest absolute Gasteiger partial charge is 0.130 e. The van der Waals surface area contributed by atoms with Crippen molar-refractivity contribution in [3.05, 3.63) is 84.6 Å². The Balaban J connectivity index is 1.50. The number of ether oxygens (including phenoxy) is 1. The van der Waals surface area contributed by atoms with Crippen molar-refractivity contribution in [3.8, 4) is 17.0 Å². The molecule has 130 valence electrons.